The van der Waals surface area contributed by atoms with E-state index in [9.17, 15) is 9.59 Å². The number of benzene rings is 1. The maximum atomic E-state index is 12.7. The highest BCUT2D eigenvalue weighted by Gasteiger charge is 2.30. The predicted octanol–water partition coefficient (Wildman–Crippen LogP) is 3.02. The number of carbonyl (C=O) groups is 1. The fourth-order valence-corrected chi connectivity index (χ4v) is 3.08. The third kappa shape index (κ3) is 2.44. The van der Waals surface area contributed by atoms with Crippen molar-refractivity contribution in [2.45, 2.75) is 12.3 Å². The minimum absolute atomic E-state index is 0.0868. The molecule has 3 heterocycles. The standard InChI is InChI=1S/C18H15NO4/c20-17(19-8-7-13(11-19)15-6-3-9-22-15)14-10-12-4-1-2-5-16(12)23-18(14)21/h1-6,9-10,13H,7-8,11H2. The summed E-state index contributed by atoms with van der Waals surface area (Å²) in [6.07, 6.45) is 2.47. The van der Waals surface area contributed by atoms with Gasteiger partial charge in [-0.15, -0.1) is 0 Å². The lowest BCUT2D eigenvalue weighted by Crippen LogP contribution is -2.32. The van der Waals surface area contributed by atoms with E-state index in [2.05, 4.69) is 0 Å². The third-order valence-electron chi connectivity index (χ3n) is 4.29. The van der Waals surface area contributed by atoms with Crippen molar-refractivity contribution in [3.63, 3.8) is 0 Å². The first-order chi connectivity index (χ1) is 11.2. The quantitative estimate of drug-likeness (QED) is 0.683. The van der Waals surface area contributed by atoms with Crippen LogP contribution in [0.15, 0.2) is 62.4 Å². The summed E-state index contributed by atoms with van der Waals surface area (Å²) in [6.45, 7) is 1.16. The number of rotatable bonds is 2. The molecule has 0 saturated carbocycles. The fourth-order valence-electron chi connectivity index (χ4n) is 3.08. The Morgan fingerprint density at radius 3 is 2.87 bits per heavy atom. The van der Waals surface area contributed by atoms with Crippen LogP contribution >= 0.6 is 0 Å². The SMILES string of the molecule is O=C(c1cc2ccccc2oc1=O)N1CCC(c2ccco2)C1. The first-order valence-corrected chi connectivity index (χ1v) is 7.58. The molecule has 116 valence electrons. The maximum absolute atomic E-state index is 12.7. The van der Waals surface area contributed by atoms with Gasteiger partial charge in [0, 0.05) is 24.4 Å². The number of hydrogen-bond donors (Lipinski definition) is 0. The highest BCUT2D eigenvalue weighted by atomic mass is 16.4. The zero-order chi connectivity index (χ0) is 15.8. The molecule has 1 aliphatic heterocycles. The van der Waals surface area contributed by atoms with Gasteiger partial charge in [-0.1, -0.05) is 18.2 Å². The van der Waals surface area contributed by atoms with E-state index >= 15 is 0 Å². The summed E-state index contributed by atoms with van der Waals surface area (Å²) in [5.74, 6) is 0.783. The Hall–Kier alpha value is -2.82. The molecule has 5 heteroatoms. The Morgan fingerprint density at radius 1 is 1.17 bits per heavy atom. The van der Waals surface area contributed by atoms with Crippen molar-refractivity contribution >= 4 is 16.9 Å². The highest BCUT2D eigenvalue weighted by Crippen LogP contribution is 2.28. The summed E-state index contributed by atoms with van der Waals surface area (Å²) in [5, 5.41) is 0.747. The summed E-state index contributed by atoms with van der Waals surface area (Å²) < 4.78 is 10.7. The molecule has 0 N–H and O–H groups in total. The lowest BCUT2D eigenvalue weighted by molar-refractivity contribution is 0.0786. The number of likely N-dealkylation sites (tertiary alicyclic amines) is 1. The molecule has 1 aromatic carbocycles. The van der Waals surface area contributed by atoms with Gasteiger partial charge in [0.15, 0.2) is 0 Å². The van der Waals surface area contributed by atoms with Gasteiger partial charge in [0.25, 0.3) is 5.91 Å². The molecule has 23 heavy (non-hydrogen) atoms. The van der Waals surface area contributed by atoms with Gasteiger partial charge in [-0.05, 0) is 30.7 Å². The molecule has 2 aromatic heterocycles. The van der Waals surface area contributed by atoms with E-state index < -0.39 is 5.63 Å². The van der Waals surface area contributed by atoms with E-state index in [1.165, 1.54) is 0 Å². The molecule has 1 fully saturated rings. The maximum Gasteiger partial charge on any atom is 0.349 e. The van der Waals surface area contributed by atoms with Crippen LogP contribution in [0.25, 0.3) is 11.0 Å². The number of amides is 1. The van der Waals surface area contributed by atoms with Crippen molar-refractivity contribution in [2.75, 3.05) is 13.1 Å². The normalized spacial score (nSPS) is 17.7. The molecule has 0 bridgehead atoms. The zero-order valence-corrected chi connectivity index (χ0v) is 12.4. The summed E-state index contributed by atoms with van der Waals surface area (Å²) in [4.78, 5) is 26.5. The average molecular weight is 309 g/mol. The third-order valence-corrected chi connectivity index (χ3v) is 4.29. The van der Waals surface area contributed by atoms with Gasteiger partial charge in [-0.2, -0.15) is 0 Å². The molecule has 1 unspecified atom stereocenters. The molecule has 1 amide bonds. The molecule has 4 rings (SSSR count). The van der Waals surface area contributed by atoms with Gasteiger partial charge in [0.2, 0.25) is 0 Å². The molecule has 0 aliphatic carbocycles. The molecule has 3 aromatic rings. The second-order valence-corrected chi connectivity index (χ2v) is 5.74. The van der Waals surface area contributed by atoms with Crippen LogP contribution in [0.5, 0.6) is 0 Å². The Morgan fingerprint density at radius 2 is 2.04 bits per heavy atom. The fraction of sp³-hybridized carbons (Fsp3) is 0.222. The van der Waals surface area contributed by atoms with E-state index in [0.717, 1.165) is 17.6 Å². The second kappa shape index (κ2) is 5.43. The van der Waals surface area contributed by atoms with Crippen LogP contribution < -0.4 is 5.63 Å². The summed E-state index contributed by atoms with van der Waals surface area (Å²) >= 11 is 0. The van der Waals surface area contributed by atoms with E-state index in [1.807, 2.05) is 24.3 Å². The molecule has 1 saturated heterocycles. The smallest absolute Gasteiger partial charge is 0.349 e. The molecule has 1 atom stereocenters. The second-order valence-electron chi connectivity index (χ2n) is 5.74. The van der Waals surface area contributed by atoms with Crippen LogP contribution in [0.2, 0.25) is 0 Å². The Labute approximate surface area is 132 Å². The Balaban J connectivity index is 1.62. The first-order valence-electron chi connectivity index (χ1n) is 7.58. The molecular formula is C18H15NO4. The van der Waals surface area contributed by atoms with Gasteiger partial charge in [-0.25, -0.2) is 4.79 Å². The molecule has 5 nitrogen and oxygen atoms in total. The van der Waals surface area contributed by atoms with Crippen LogP contribution in [0.1, 0.15) is 28.5 Å². The molecular weight excluding hydrogens is 294 g/mol. The van der Waals surface area contributed by atoms with Crippen molar-refractivity contribution in [3.05, 3.63) is 70.5 Å². The van der Waals surface area contributed by atoms with E-state index in [0.29, 0.717) is 18.7 Å². The first kappa shape index (κ1) is 13.8. The van der Waals surface area contributed by atoms with Crippen molar-refractivity contribution in [1.82, 2.24) is 4.90 Å². The van der Waals surface area contributed by atoms with Gasteiger partial charge < -0.3 is 13.7 Å². The largest absolute Gasteiger partial charge is 0.469 e. The topological polar surface area (TPSA) is 63.7 Å². The zero-order valence-electron chi connectivity index (χ0n) is 12.4. The van der Waals surface area contributed by atoms with Crippen molar-refractivity contribution in [3.8, 4) is 0 Å². The van der Waals surface area contributed by atoms with Gasteiger partial charge in [0.05, 0.1) is 6.26 Å². The lowest BCUT2D eigenvalue weighted by Gasteiger charge is -2.15. The monoisotopic (exact) mass is 309 g/mol. The van der Waals surface area contributed by atoms with Gasteiger partial charge in [0.1, 0.15) is 16.9 Å². The number of carbonyl (C=O) groups excluding carboxylic acids is 1. The average Bonchev–Trinajstić information content (AvgIpc) is 3.24. The van der Waals surface area contributed by atoms with E-state index in [4.69, 9.17) is 8.83 Å². The minimum Gasteiger partial charge on any atom is -0.469 e. The Kier molecular flexibility index (Phi) is 3.26. The van der Waals surface area contributed by atoms with Crippen molar-refractivity contribution in [2.24, 2.45) is 0 Å². The minimum atomic E-state index is -0.588. The van der Waals surface area contributed by atoms with Crippen molar-refractivity contribution in [1.29, 1.82) is 0 Å². The number of furan rings is 1. The lowest BCUT2D eigenvalue weighted by atomic mass is 10.1. The van der Waals surface area contributed by atoms with Crippen molar-refractivity contribution < 1.29 is 13.6 Å². The number of para-hydroxylation sites is 1. The van der Waals surface area contributed by atoms with Gasteiger partial charge in [-0.3, -0.25) is 4.79 Å². The summed E-state index contributed by atoms with van der Waals surface area (Å²) in [7, 11) is 0. The number of hydrogen-bond acceptors (Lipinski definition) is 4. The van der Waals surface area contributed by atoms with Crippen LogP contribution in [0.4, 0.5) is 0 Å². The van der Waals surface area contributed by atoms with Crippen LogP contribution in [-0.2, 0) is 0 Å². The predicted molar refractivity (Wildman–Crippen MR) is 84.5 cm³/mol. The number of nitrogens with zero attached hydrogens (tertiary/aromatic N) is 1. The van der Waals surface area contributed by atoms with Gasteiger partial charge >= 0.3 is 5.63 Å². The summed E-state index contributed by atoms with van der Waals surface area (Å²) in [6, 6.07) is 12.6. The van der Waals surface area contributed by atoms with Crippen LogP contribution in [0, 0.1) is 0 Å². The molecule has 0 radical (unpaired) electrons. The van der Waals surface area contributed by atoms with E-state index in [-0.39, 0.29) is 17.4 Å². The highest BCUT2D eigenvalue weighted by molar-refractivity contribution is 5.96. The molecule has 1 aliphatic rings. The van der Waals surface area contributed by atoms with Crippen LogP contribution in [-0.4, -0.2) is 23.9 Å². The number of fused-ring (bicyclic) bond motifs is 1. The Bertz CT molecular complexity index is 910. The summed E-state index contributed by atoms with van der Waals surface area (Å²) in [5.41, 5.74) is -0.0112. The van der Waals surface area contributed by atoms with Crippen LogP contribution in [0.3, 0.4) is 0 Å². The van der Waals surface area contributed by atoms with E-state index in [1.54, 1.807) is 29.4 Å². The molecule has 0 spiro atoms.